The standard InChI is InChI=1S/C25H23N3OS/c1-16-4-8-18(9-5-16)22-25(28-23(26)19-12-14-21(29-3)15-13-19)30-24(27-22)20-10-6-17(2)7-11-20/h4-15H,1-3H3,(H2,26,28). The van der Waals surface area contributed by atoms with E-state index >= 15 is 0 Å². The van der Waals surface area contributed by atoms with Crippen molar-refractivity contribution in [3.8, 4) is 27.6 Å². The number of aromatic nitrogens is 1. The SMILES string of the molecule is COc1ccc(/C(N)=N/c2sc(-c3ccc(C)cc3)nc2-c2ccc(C)cc2)cc1. The molecule has 0 atom stereocenters. The molecule has 30 heavy (non-hydrogen) atoms. The average molecular weight is 414 g/mol. The minimum absolute atomic E-state index is 0.449. The van der Waals surface area contributed by atoms with Crippen molar-refractivity contribution in [1.29, 1.82) is 0 Å². The number of benzene rings is 3. The Morgan fingerprint density at radius 1 is 0.833 bits per heavy atom. The molecule has 5 heteroatoms. The number of aliphatic imine (C=N–C) groups is 1. The van der Waals surface area contributed by atoms with Gasteiger partial charge in [-0.15, -0.1) is 0 Å². The number of aryl methyl sites for hydroxylation is 2. The lowest BCUT2D eigenvalue weighted by atomic mass is 10.1. The Morgan fingerprint density at radius 2 is 1.40 bits per heavy atom. The number of ether oxygens (including phenoxy) is 1. The third kappa shape index (κ3) is 4.26. The van der Waals surface area contributed by atoms with Crippen LogP contribution < -0.4 is 10.5 Å². The summed E-state index contributed by atoms with van der Waals surface area (Å²) in [6.45, 7) is 4.15. The van der Waals surface area contributed by atoms with Crippen molar-refractivity contribution < 1.29 is 4.74 Å². The zero-order valence-corrected chi connectivity index (χ0v) is 18.0. The predicted molar refractivity (Wildman–Crippen MR) is 126 cm³/mol. The topological polar surface area (TPSA) is 60.5 Å². The molecule has 0 aliphatic heterocycles. The molecule has 4 aromatic rings. The monoisotopic (exact) mass is 413 g/mol. The molecule has 0 spiro atoms. The molecule has 0 bridgehead atoms. The van der Waals surface area contributed by atoms with E-state index in [-0.39, 0.29) is 0 Å². The summed E-state index contributed by atoms with van der Waals surface area (Å²) in [7, 11) is 1.64. The van der Waals surface area contributed by atoms with Gasteiger partial charge in [0.15, 0.2) is 0 Å². The van der Waals surface area contributed by atoms with Gasteiger partial charge in [-0.25, -0.2) is 9.98 Å². The second-order valence-electron chi connectivity index (χ2n) is 7.13. The van der Waals surface area contributed by atoms with E-state index in [0.29, 0.717) is 5.84 Å². The van der Waals surface area contributed by atoms with Crippen molar-refractivity contribution in [2.75, 3.05) is 7.11 Å². The maximum atomic E-state index is 6.35. The van der Waals surface area contributed by atoms with Gasteiger partial charge in [0, 0.05) is 16.7 Å². The van der Waals surface area contributed by atoms with E-state index < -0.39 is 0 Å². The Morgan fingerprint density at radius 3 is 1.97 bits per heavy atom. The molecule has 0 saturated carbocycles. The molecule has 150 valence electrons. The number of methoxy groups -OCH3 is 1. The molecule has 0 fully saturated rings. The lowest BCUT2D eigenvalue weighted by Gasteiger charge is -2.04. The molecule has 4 nitrogen and oxygen atoms in total. The highest BCUT2D eigenvalue weighted by Gasteiger charge is 2.15. The maximum Gasteiger partial charge on any atom is 0.146 e. The normalized spacial score (nSPS) is 11.5. The van der Waals surface area contributed by atoms with Crippen LogP contribution in [0.25, 0.3) is 21.8 Å². The van der Waals surface area contributed by atoms with E-state index in [9.17, 15) is 0 Å². The molecule has 3 aromatic carbocycles. The van der Waals surface area contributed by atoms with Crippen LogP contribution in [0, 0.1) is 13.8 Å². The smallest absolute Gasteiger partial charge is 0.146 e. The Hall–Kier alpha value is -3.44. The summed E-state index contributed by atoms with van der Waals surface area (Å²) in [6.07, 6.45) is 0. The van der Waals surface area contributed by atoms with Crippen LogP contribution in [0.4, 0.5) is 5.00 Å². The van der Waals surface area contributed by atoms with Crippen LogP contribution in [0.5, 0.6) is 5.75 Å². The third-order valence-electron chi connectivity index (χ3n) is 4.84. The second kappa shape index (κ2) is 8.51. The van der Waals surface area contributed by atoms with Crippen LogP contribution in [0.3, 0.4) is 0 Å². The summed E-state index contributed by atoms with van der Waals surface area (Å²) >= 11 is 1.54. The summed E-state index contributed by atoms with van der Waals surface area (Å²) in [5.41, 5.74) is 12.5. The van der Waals surface area contributed by atoms with Crippen molar-refractivity contribution in [1.82, 2.24) is 4.98 Å². The molecule has 0 aliphatic rings. The summed E-state index contributed by atoms with van der Waals surface area (Å²) < 4.78 is 5.23. The molecular weight excluding hydrogens is 390 g/mol. The van der Waals surface area contributed by atoms with Crippen molar-refractivity contribution in [2.24, 2.45) is 10.7 Å². The van der Waals surface area contributed by atoms with Gasteiger partial charge in [0.1, 0.15) is 27.3 Å². The van der Waals surface area contributed by atoms with E-state index in [1.165, 1.54) is 11.1 Å². The maximum absolute atomic E-state index is 6.35. The Balaban J connectivity index is 1.79. The summed E-state index contributed by atoms with van der Waals surface area (Å²) in [4.78, 5) is 9.68. The van der Waals surface area contributed by atoms with Gasteiger partial charge in [-0.3, -0.25) is 0 Å². The number of hydrogen-bond donors (Lipinski definition) is 1. The van der Waals surface area contributed by atoms with Crippen molar-refractivity contribution >= 4 is 22.2 Å². The molecule has 0 saturated heterocycles. The third-order valence-corrected chi connectivity index (χ3v) is 5.84. The van der Waals surface area contributed by atoms with Crippen LogP contribution >= 0.6 is 11.3 Å². The number of rotatable bonds is 5. The predicted octanol–water partition coefficient (Wildman–Crippen LogP) is 6.14. The fourth-order valence-corrected chi connectivity index (χ4v) is 4.02. The first-order valence-corrected chi connectivity index (χ1v) is 10.5. The van der Waals surface area contributed by atoms with Crippen LogP contribution in [0.15, 0.2) is 77.8 Å². The van der Waals surface area contributed by atoms with Gasteiger partial charge in [0.2, 0.25) is 0 Å². The Kier molecular flexibility index (Phi) is 5.63. The lowest BCUT2D eigenvalue weighted by molar-refractivity contribution is 0.415. The van der Waals surface area contributed by atoms with E-state index in [0.717, 1.165) is 38.1 Å². The molecule has 2 N–H and O–H groups in total. The molecule has 0 unspecified atom stereocenters. The zero-order chi connectivity index (χ0) is 21.1. The van der Waals surface area contributed by atoms with Gasteiger partial charge < -0.3 is 10.5 Å². The average Bonchev–Trinajstić information content (AvgIpc) is 3.18. The van der Waals surface area contributed by atoms with E-state index in [4.69, 9.17) is 20.4 Å². The fraction of sp³-hybridized carbons (Fsp3) is 0.120. The zero-order valence-electron chi connectivity index (χ0n) is 17.2. The number of thiazole rings is 1. The quantitative estimate of drug-likeness (QED) is 0.316. The van der Waals surface area contributed by atoms with Gasteiger partial charge >= 0.3 is 0 Å². The van der Waals surface area contributed by atoms with Gasteiger partial charge in [-0.1, -0.05) is 71.0 Å². The number of hydrogen-bond acceptors (Lipinski definition) is 4. The van der Waals surface area contributed by atoms with Gasteiger partial charge in [0.25, 0.3) is 0 Å². The number of amidine groups is 1. The molecular formula is C25H23N3OS. The summed E-state index contributed by atoms with van der Waals surface area (Å²) in [5.74, 6) is 1.23. The van der Waals surface area contributed by atoms with Gasteiger partial charge in [0.05, 0.1) is 7.11 Å². The highest BCUT2D eigenvalue weighted by atomic mass is 32.1. The van der Waals surface area contributed by atoms with Crippen molar-refractivity contribution in [2.45, 2.75) is 13.8 Å². The molecule has 0 amide bonds. The summed E-state index contributed by atoms with van der Waals surface area (Å²) in [6, 6.07) is 24.3. The molecule has 1 heterocycles. The van der Waals surface area contributed by atoms with E-state index in [1.807, 2.05) is 24.3 Å². The van der Waals surface area contributed by atoms with E-state index in [1.54, 1.807) is 18.4 Å². The number of nitrogens with zero attached hydrogens (tertiary/aromatic N) is 2. The van der Waals surface area contributed by atoms with Gasteiger partial charge in [-0.05, 0) is 38.1 Å². The minimum atomic E-state index is 0.449. The van der Waals surface area contributed by atoms with Gasteiger partial charge in [-0.2, -0.15) is 0 Å². The Bertz CT molecular complexity index is 1170. The first kappa shape index (κ1) is 19.9. The second-order valence-corrected chi connectivity index (χ2v) is 8.11. The Labute approximate surface area is 180 Å². The first-order valence-electron chi connectivity index (χ1n) is 9.67. The molecule has 1 aromatic heterocycles. The fourth-order valence-electron chi connectivity index (χ4n) is 3.04. The minimum Gasteiger partial charge on any atom is -0.497 e. The molecule has 0 aliphatic carbocycles. The van der Waals surface area contributed by atoms with Crippen LogP contribution in [0.1, 0.15) is 16.7 Å². The largest absolute Gasteiger partial charge is 0.497 e. The van der Waals surface area contributed by atoms with Crippen LogP contribution in [-0.4, -0.2) is 17.9 Å². The molecule has 0 radical (unpaired) electrons. The summed E-state index contributed by atoms with van der Waals surface area (Å²) in [5, 5.41) is 1.72. The lowest BCUT2D eigenvalue weighted by Crippen LogP contribution is -2.12. The highest BCUT2D eigenvalue weighted by Crippen LogP contribution is 2.40. The van der Waals surface area contributed by atoms with Crippen molar-refractivity contribution in [3.05, 3.63) is 89.5 Å². The van der Waals surface area contributed by atoms with E-state index in [2.05, 4.69) is 62.4 Å². The van der Waals surface area contributed by atoms with Crippen LogP contribution in [0.2, 0.25) is 0 Å². The molecule has 4 rings (SSSR count). The van der Waals surface area contributed by atoms with Crippen LogP contribution in [-0.2, 0) is 0 Å². The first-order chi connectivity index (χ1) is 14.5. The van der Waals surface area contributed by atoms with Crippen molar-refractivity contribution in [3.63, 3.8) is 0 Å². The highest BCUT2D eigenvalue weighted by molar-refractivity contribution is 7.19. The number of nitrogens with two attached hydrogens (primary N) is 1.